The second-order valence-electron chi connectivity index (χ2n) is 2.41. The minimum atomic E-state index is -0.764. The predicted octanol–water partition coefficient (Wildman–Crippen LogP) is 2.06. The van der Waals surface area contributed by atoms with Crippen LogP contribution in [-0.2, 0) is 4.79 Å². The highest BCUT2D eigenvalue weighted by atomic mass is 16.4. The average molecular weight is 142 g/mol. The third-order valence-electron chi connectivity index (χ3n) is 1.40. The lowest BCUT2D eigenvalue weighted by molar-refractivity contribution is -0.136. The first-order chi connectivity index (χ1) is 4.66. The largest absolute Gasteiger partial charge is 0.481 e. The zero-order valence-corrected chi connectivity index (χ0v) is 6.50. The van der Waals surface area contributed by atoms with Gasteiger partial charge < -0.3 is 5.11 Å². The van der Waals surface area contributed by atoms with Crippen molar-refractivity contribution in [3.05, 3.63) is 12.2 Å². The Bertz CT molecular complexity index is 127. The van der Waals surface area contributed by atoms with Crippen molar-refractivity contribution in [2.24, 2.45) is 5.92 Å². The zero-order valence-electron chi connectivity index (χ0n) is 6.50. The molecule has 0 spiro atoms. The van der Waals surface area contributed by atoms with Gasteiger partial charge in [0.1, 0.15) is 0 Å². The van der Waals surface area contributed by atoms with Crippen molar-refractivity contribution in [3.63, 3.8) is 0 Å². The van der Waals surface area contributed by atoms with Crippen LogP contribution in [0.25, 0.3) is 0 Å². The summed E-state index contributed by atoms with van der Waals surface area (Å²) in [6.07, 6.45) is 4.85. The van der Waals surface area contributed by atoms with E-state index >= 15 is 0 Å². The maximum absolute atomic E-state index is 10.0. The van der Waals surface area contributed by atoms with Crippen LogP contribution >= 0.6 is 0 Å². The maximum Gasteiger partial charge on any atom is 0.307 e. The van der Waals surface area contributed by atoms with Gasteiger partial charge >= 0.3 is 5.97 Å². The smallest absolute Gasteiger partial charge is 0.307 e. The number of rotatable bonds is 4. The van der Waals surface area contributed by atoms with E-state index in [0.29, 0.717) is 5.92 Å². The topological polar surface area (TPSA) is 37.3 Å². The van der Waals surface area contributed by atoms with Crippen LogP contribution in [-0.4, -0.2) is 11.1 Å². The van der Waals surface area contributed by atoms with Crippen molar-refractivity contribution in [2.75, 3.05) is 0 Å². The lowest BCUT2D eigenvalue weighted by Crippen LogP contribution is -1.91. The fraction of sp³-hybridized carbons (Fsp3) is 0.625. The van der Waals surface area contributed by atoms with Crippen molar-refractivity contribution >= 4 is 5.97 Å². The number of allylic oxidation sites excluding steroid dienone is 1. The molecule has 1 atom stereocenters. The molecular weight excluding hydrogens is 128 g/mol. The molecule has 0 aromatic carbocycles. The minimum Gasteiger partial charge on any atom is -0.481 e. The summed E-state index contributed by atoms with van der Waals surface area (Å²) >= 11 is 0. The molecule has 0 fully saturated rings. The summed E-state index contributed by atoms with van der Waals surface area (Å²) in [5, 5.41) is 8.25. The van der Waals surface area contributed by atoms with Gasteiger partial charge in [0.15, 0.2) is 0 Å². The van der Waals surface area contributed by atoms with Crippen molar-refractivity contribution < 1.29 is 9.90 Å². The molecule has 10 heavy (non-hydrogen) atoms. The fourth-order valence-electron chi connectivity index (χ4n) is 0.537. The summed E-state index contributed by atoms with van der Waals surface area (Å²) in [6.45, 7) is 4.15. The highest BCUT2D eigenvalue weighted by molar-refractivity contribution is 5.68. The first-order valence-electron chi connectivity index (χ1n) is 3.55. The normalized spacial score (nSPS) is 13.8. The van der Waals surface area contributed by atoms with E-state index < -0.39 is 5.97 Å². The Morgan fingerprint density at radius 3 is 2.70 bits per heavy atom. The second kappa shape index (κ2) is 5.03. The fourth-order valence-corrected chi connectivity index (χ4v) is 0.537. The van der Waals surface area contributed by atoms with Gasteiger partial charge in [0, 0.05) is 0 Å². The van der Waals surface area contributed by atoms with Crippen molar-refractivity contribution in [1.82, 2.24) is 0 Å². The predicted molar refractivity (Wildman–Crippen MR) is 40.8 cm³/mol. The van der Waals surface area contributed by atoms with E-state index in [2.05, 4.69) is 13.8 Å². The van der Waals surface area contributed by atoms with E-state index in [1.54, 1.807) is 6.08 Å². The molecule has 58 valence electrons. The van der Waals surface area contributed by atoms with Gasteiger partial charge in [0.25, 0.3) is 0 Å². The van der Waals surface area contributed by atoms with E-state index in [1.165, 1.54) is 0 Å². The van der Waals surface area contributed by atoms with Gasteiger partial charge in [-0.05, 0) is 5.92 Å². The van der Waals surface area contributed by atoms with Crippen LogP contribution < -0.4 is 0 Å². The summed E-state index contributed by atoms with van der Waals surface area (Å²) in [6, 6.07) is 0. The molecule has 0 saturated carbocycles. The average Bonchev–Trinajstić information content (AvgIpc) is 1.87. The Hall–Kier alpha value is -0.790. The molecule has 0 aliphatic rings. The molecule has 0 saturated heterocycles. The molecule has 0 aromatic heterocycles. The highest BCUT2D eigenvalue weighted by Crippen LogP contribution is 2.02. The zero-order chi connectivity index (χ0) is 7.98. The van der Waals surface area contributed by atoms with Crippen LogP contribution in [0.3, 0.4) is 0 Å². The molecule has 2 nitrogen and oxygen atoms in total. The number of hydrogen-bond acceptors (Lipinski definition) is 1. The van der Waals surface area contributed by atoms with Gasteiger partial charge in [-0.25, -0.2) is 0 Å². The van der Waals surface area contributed by atoms with E-state index in [9.17, 15) is 4.79 Å². The molecule has 0 radical (unpaired) electrons. The monoisotopic (exact) mass is 142 g/mol. The third kappa shape index (κ3) is 5.35. The number of carboxylic acids is 1. The second-order valence-corrected chi connectivity index (χ2v) is 2.41. The number of hydrogen-bond donors (Lipinski definition) is 1. The molecule has 0 rings (SSSR count). The van der Waals surface area contributed by atoms with Crippen LogP contribution in [0.1, 0.15) is 26.7 Å². The van der Waals surface area contributed by atoms with E-state index in [1.807, 2.05) is 6.08 Å². The van der Waals surface area contributed by atoms with Crippen LogP contribution in [0.15, 0.2) is 12.2 Å². The summed E-state index contributed by atoms with van der Waals surface area (Å²) in [5.41, 5.74) is 0. The summed E-state index contributed by atoms with van der Waals surface area (Å²) in [7, 11) is 0. The molecule has 0 amide bonds. The van der Waals surface area contributed by atoms with Gasteiger partial charge in [0.05, 0.1) is 6.42 Å². The van der Waals surface area contributed by atoms with Crippen molar-refractivity contribution in [1.29, 1.82) is 0 Å². The molecule has 0 heterocycles. The molecule has 2 heteroatoms. The SMILES string of the molecule is CCC(C)/C=C/CC(=O)O. The summed E-state index contributed by atoms with van der Waals surface area (Å²) < 4.78 is 0. The first kappa shape index (κ1) is 9.21. The van der Waals surface area contributed by atoms with Gasteiger partial charge in [-0.2, -0.15) is 0 Å². The third-order valence-corrected chi connectivity index (χ3v) is 1.40. The van der Waals surface area contributed by atoms with Crippen LogP contribution in [0.4, 0.5) is 0 Å². The van der Waals surface area contributed by atoms with Crippen molar-refractivity contribution in [2.45, 2.75) is 26.7 Å². The Morgan fingerprint density at radius 1 is 1.70 bits per heavy atom. The van der Waals surface area contributed by atoms with Gasteiger partial charge in [0.2, 0.25) is 0 Å². The standard InChI is InChI=1S/C8H14O2/c1-3-7(2)5-4-6-8(9)10/h4-5,7H,3,6H2,1-2H3,(H,9,10)/b5-4+. The Labute approximate surface area is 61.6 Å². The van der Waals surface area contributed by atoms with E-state index in [-0.39, 0.29) is 6.42 Å². The molecule has 0 aliphatic carbocycles. The van der Waals surface area contributed by atoms with Gasteiger partial charge in [-0.3, -0.25) is 4.79 Å². The number of carbonyl (C=O) groups is 1. The quantitative estimate of drug-likeness (QED) is 0.610. The Morgan fingerprint density at radius 2 is 2.30 bits per heavy atom. The molecule has 0 aromatic rings. The minimum absolute atomic E-state index is 0.143. The van der Waals surface area contributed by atoms with Crippen LogP contribution in [0.5, 0.6) is 0 Å². The number of aliphatic carboxylic acids is 1. The van der Waals surface area contributed by atoms with Crippen LogP contribution in [0, 0.1) is 5.92 Å². The van der Waals surface area contributed by atoms with Crippen LogP contribution in [0.2, 0.25) is 0 Å². The Balaban J connectivity index is 3.45. The number of carboxylic acid groups (broad SMARTS) is 1. The van der Waals surface area contributed by atoms with Gasteiger partial charge in [-0.1, -0.05) is 32.4 Å². The molecule has 0 aliphatic heterocycles. The highest BCUT2D eigenvalue weighted by Gasteiger charge is 1.92. The first-order valence-corrected chi connectivity index (χ1v) is 3.55. The van der Waals surface area contributed by atoms with Crippen molar-refractivity contribution in [3.8, 4) is 0 Å². The maximum atomic E-state index is 10.0. The molecule has 0 bridgehead atoms. The van der Waals surface area contributed by atoms with E-state index in [4.69, 9.17) is 5.11 Å². The lowest BCUT2D eigenvalue weighted by atomic mass is 10.1. The Kier molecular flexibility index (Phi) is 4.63. The summed E-state index contributed by atoms with van der Waals surface area (Å²) in [5.74, 6) is -0.265. The molecular formula is C8H14O2. The summed E-state index contributed by atoms with van der Waals surface area (Å²) in [4.78, 5) is 10.0. The van der Waals surface area contributed by atoms with E-state index in [0.717, 1.165) is 6.42 Å². The van der Waals surface area contributed by atoms with Gasteiger partial charge in [-0.15, -0.1) is 0 Å². The molecule has 1 N–H and O–H groups in total. The lowest BCUT2D eigenvalue weighted by Gasteiger charge is -1.97. The molecule has 1 unspecified atom stereocenters.